The van der Waals surface area contributed by atoms with Crippen LogP contribution in [0.2, 0.25) is 0 Å². The number of nitriles is 1. The molecular formula is C29H38N10O4. The molecule has 2 heterocycles. The molecule has 1 saturated heterocycles. The number of benzene rings is 2. The van der Waals surface area contributed by atoms with Gasteiger partial charge in [0.2, 0.25) is 5.96 Å². The number of rotatable bonds is 4. The number of nitrogens with one attached hydrogen (secondary N) is 1. The van der Waals surface area contributed by atoms with E-state index in [2.05, 4.69) is 11.1 Å². The number of aromatic nitrogens is 2. The van der Waals surface area contributed by atoms with Crippen LogP contribution in [0.5, 0.6) is 0 Å². The van der Waals surface area contributed by atoms with E-state index in [1.54, 1.807) is 61.1 Å². The standard InChI is InChI=1S/C18H21N5O2.C7H6O2.C4H11N5/c1-21-17(24)9-16(22-8-4-7-15(20)12-22)23(18(21)25)11-14-6-3-2-5-13(14)10-19;8-7(9)6-4-2-1-3-5-6;1-9(2)4(7)8-3(5)6/h2-3,5-6,9,15H,4,7-8,11-12,20H2,1H3;1-5H,(H,8,9);1-2H3,(H5,5,6,7,8)/t15-;;/m1../s1. The first kappa shape index (κ1) is 33.8. The molecule has 1 aromatic heterocycles. The zero-order valence-corrected chi connectivity index (χ0v) is 24.5. The largest absolute Gasteiger partial charge is 0.478 e. The molecule has 4 rings (SSSR count). The molecule has 0 spiro atoms. The van der Waals surface area contributed by atoms with Gasteiger partial charge in [-0.2, -0.15) is 10.3 Å². The molecule has 1 atom stereocenters. The van der Waals surface area contributed by atoms with Crippen molar-refractivity contribution in [2.24, 2.45) is 29.2 Å². The molecule has 1 aliphatic rings. The highest BCUT2D eigenvalue weighted by Crippen LogP contribution is 2.19. The predicted molar refractivity (Wildman–Crippen MR) is 166 cm³/mol. The van der Waals surface area contributed by atoms with Crippen LogP contribution in [0.4, 0.5) is 5.82 Å². The number of nitrogens with zero attached hydrogens (tertiary/aromatic N) is 6. The Bertz CT molecular complexity index is 1590. The Hall–Kier alpha value is -5.42. The van der Waals surface area contributed by atoms with E-state index in [1.165, 1.54) is 18.0 Å². The third-order valence-corrected chi connectivity index (χ3v) is 6.30. The van der Waals surface area contributed by atoms with Crippen molar-refractivity contribution in [3.63, 3.8) is 0 Å². The summed E-state index contributed by atoms with van der Waals surface area (Å²) in [6, 6.07) is 19.1. The maximum Gasteiger partial charge on any atom is 0.335 e. The maximum absolute atomic E-state index is 12.7. The van der Waals surface area contributed by atoms with E-state index in [4.69, 9.17) is 27.7 Å². The van der Waals surface area contributed by atoms with Crippen molar-refractivity contribution in [3.05, 3.63) is 98.2 Å². The fourth-order valence-electron chi connectivity index (χ4n) is 4.03. The molecule has 8 N–H and O–H groups in total. The minimum Gasteiger partial charge on any atom is -0.478 e. The quantitative estimate of drug-likeness (QED) is 0.209. The predicted octanol–water partition coefficient (Wildman–Crippen LogP) is 0.535. The Morgan fingerprint density at radius 3 is 2.28 bits per heavy atom. The number of aromatic carboxylic acids is 1. The summed E-state index contributed by atoms with van der Waals surface area (Å²) in [6.45, 7) is 1.59. The van der Waals surface area contributed by atoms with Gasteiger partial charge in [0.15, 0.2) is 5.96 Å². The molecular weight excluding hydrogens is 552 g/mol. The Morgan fingerprint density at radius 1 is 1.14 bits per heavy atom. The minimum absolute atomic E-state index is 0.0211. The second-order valence-corrected chi connectivity index (χ2v) is 9.81. The van der Waals surface area contributed by atoms with E-state index in [9.17, 15) is 19.6 Å². The van der Waals surface area contributed by atoms with Gasteiger partial charge < -0.3 is 32.1 Å². The second-order valence-electron chi connectivity index (χ2n) is 9.81. The number of piperidine rings is 1. The smallest absolute Gasteiger partial charge is 0.335 e. The molecule has 14 nitrogen and oxygen atoms in total. The van der Waals surface area contributed by atoms with Crippen molar-refractivity contribution in [1.29, 1.82) is 10.7 Å². The molecule has 14 heteroatoms. The van der Waals surface area contributed by atoms with Crippen LogP contribution in [0.3, 0.4) is 0 Å². The number of carboxylic acids is 1. The zero-order chi connectivity index (χ0) is 32.1. The van der Waals surface area contributed by atoms with Gasteiger partial charge in [0.25, 0.3) is 5.56 Å². The molecule has 1 fully saturated rings. The summed E-state index contributed by atoms with van der Waals surface area (Å²) < 4.78 is 2.64. The van der Waals surface area contributed by atoms with Gasteiger partial charge >= 0.3 is 11.7 Å². The van der Waals surface area contributed by atoms with E-state index in [0.29, 0.717) is 23.5 Å². The second kappa shape index (κ2) is 16.1. The van der Waals surface area contributed by atoms with Crippen LogP contribution in [0.15, 0.2) is 75.2 Å². The zero-order valence-electron chi connectivity index (χ0n) is 24.5. The van der Waals surface area contributed by atoms with Crippen LogP contribution in [0, 0.1) is 16.7 Å². The summed E-state index contributed by atoms with van der Waals surface area (Å²) in [6.07, 6.45) is 1.85. The van der Waals surface area contributed by atoms with E-state index >= 15 is 0 Å². The van der Waals surface area contributed by atoms with E-state index in [-0.39, 0.29) is 30.1 Å². The number of carboxylic acid groups (broad SMARTS) is 1. The van der Waals surface area contributed by atoms with Crippen molar-refractivity contribution in [2.45, 2.75) is 25.4 Å². The molecule has 3 aromatic rings. The Kier molecular flexibility index (Phi) is 12.7. The van der Waals surface area contributed by atoms with E-state index in [0.717, 1.165) is 29.5 Å². The van der Waals surface area contributed by atoms with Crippen molar-refractivity contribution in [2.75, 3.05) is 32.1 Å². The summed E-state index contributed by atoms with van der Waals surface area (Å²) in [5, 5.41) is 24.7. The van der Waals surface area contributed by atoms with E-state index < -0.39 is 11.7 Å². The monoisotopic (exact) mass is 590 g/mol. The van der Waals surface area contributed by atoms with Gasteiger partial charge in [-0.05, 0) is 36.6 Å². The summed E-state index contributed by atoms with van der Waals surface area (Å²) in [5.41, 5.74) is 16.9. The molecule has 0 bridgehead atoms. The van der Waals surface area contributed by atoms with Gasteiger partial charge in [0.05, 0.1) is 23.7 Å². The summed E-state index contributed by atoms with van der Waals surface area (Å²) in [7, 11) is 4.84. The first-order valence-corrected chi connectivity index (χ1v) is 13.3. The molecule has 0 aliphatic carbocycles. The lowest BCUT2D eigenvalue weighted by atomic mass is 10.1. The highest BCUT2D eigenvalue weighted by Gasteiger charge is 2.22. The molecule has 43 heavy (non-hydrogen) atoms. The van der Waals surface area contributed by atoms with Gasteiger partial charge in [-0.25, -0.2) is 9.59 Å². The molecule has 0 saturated carbocycles. The Balaban J connectivity index is 0.000000293. The van der Waals surface area contributed by atoms with Gasteiger partial charge in [0, 0.05) is 46.3 Å². The molecule has 228 valence electrons. The molecule has 1 aliphatic heterocycles. The number of hydrogen-bond donors (Lipinski definition) is 5. The van der Waals surface area contributed by atoms with Crippen molar-refractivity contribution >= 4 is 23.7 Å². The Morgan fingerprint density at radius 2 is 1.77 bits per heavy atom. The van der Waals surface area contributed by atoms with Crippen LogP contribution >= 0.6 is 0 Å². The lowest BCUT2D eigenvalue weighted by molar-refractivity contribution is 0.0697. The van der Waals surface area contributed by atoms with Crippen LogP contribution in [0.25, 0.3) is 0 Å². The van der Waals surface area contributed by atoms with E-state index in [1.807, 2.05) is 17.0 Å². The number of guanidine groups is 2. The van der Waals surface area contributed by atoms with Crippen LogP contribution in [-0.2, 0) is 13.6 Å². The van der Waals surface area contributed by atoms with Gasteiger partial charge in [0.1, 0.15) is 5.82 Å². The fourth-order valence-corrected chi connectivity index (χ4v) is 4.03. The molecule has 0 unspecified atom stereocenters. The summed E-state index contributed by atoms with van der Waals surface area (Å²) >= 11 is 0. The SMILES string of the molecule is CN(C)C(=N)N=C(N)N.Cn1c(=O)cc(N2CCC[C@@H](N)C2)n(Cc2ccccc2C#N)c1=O.O=C(O)c1ccccc1. The van der Waals surface area contributed by atoms with Crippen LogP contribution in [-0.4, -0.2) is 70.3 Å². The third kappa shape index (κ3) is 10.2. The van der Waals surface area contributed by atoms with Crippen molar-refractivity contribution < 1.29 is 9.90 Å². The summed E-state index contributed by atoms with van der Waals surface area (Å²) in [5.74, 6) is -0.352. The average Bonchev–Trinajstić information content (AvgIpc) is 2.98. The number of aliphatic imine (C=N–C) groups is 1. The molecule has 0 radical (unpaired) electrons. The third-order valence-electron chi connectivity index (χ3n) is 6.30. The van der Waals surface area contributed by atoms with Gasteiger partial charge in [-0.1, -0.05) is 36.4 Å². The Labute approximate surface area is 249 Å². The summed E-state index contributed by atoms with van der Waals surface area (Å²) in [4.78, 5) is 42.0. The topological polar surface area (TPSA) is 226 Å². The fraction of sp³-hybridized carbons (Fsp3) is 0.310. The van der Waals surface area contributed by atoms with Crippen LogP contribution in [0.1, 0.15) is 34.3 Å². The average molecular weight is 591 g/mol. The molecule has 0 amide bonds. The first-order valence-electron chi connectivity index (χ1n) is 13.3. The lowest BCUT2D eigenvalue weighted by Crippen LogP contribution is -2.47. The number of anilines is 1. The minimum atomic E-state index is -0.879. The van der Waals surface area contributed by atoms with Crippen LogP contribution < -0.4 is 33.3 Å². The van der Waals surface area contributed by atoms with Crippen molar-refractivity contribution in [1.82, 2.24) is 14.0 Å². The highest BCUT2D eigenvalue weighted by atomic mass is 16.4. The highest BCUT2D eigenvalue weighted by molar-refractivity contribution is 5.91. The lowest BCUT2D eigenvalue weighted by Gasteiger charge is -2.34. The number of hydrogen-bond acceptors (Lipinski definition) is 7. The van der Waals surface area contributed by atoms with Gasteiger partial charge in [-0.3, -0.25) is 19.3 Å². The first-order chi connectivity index (χ1) is 20.3. The normalized spacial score (nSPS) is 13.7. The van der Waals surface area contributed by atoms with Crippen molar-refractivity contribution in [3.8, 4) is 6.07 Å². The number of carbonyl (C=O) groups is 1. The molecule has 2 aromatic carbocycles. The van der Waals surface area contributed by atoms with Gasteiger partial charge in [-0.15, -0.1) is 0 Å². The number of nitrogens with two attached hydrogens (primary N) is 3. The maximum atomic E-state index is 12.7.